The van der Waals surface area contributed by atoms with Crippen molar-refractivity contribution in [1.82, 2.24) is 9.80 Å². The van der Waals surface area contributed by atoms with Crippen LogP contribution in [0.5, 0.6) is 0 Å². The van der Waals surface area contributed by atoms with Gasteiger partial charge in [0.05, 0.1) is 0 Å². The van der Waals surface area contributed by atoms with Gasteiger partial charge in [-0.3, -0.25) is 9.80 Å². The fourth-order valence-corrected chi connectivity index (χ4v) is 3.72. The molecule has 2 fully saturated rings. The van der Waals surface area contributed by atoms with Gasteiger partial charge in [-0.2, -0.15) is 11.8 Å². The second-order valence-electron chi connectivity index (χ2n) is 5.35. The van der Waals surface area contributed by atoms with E-state index in [2.05, 4.69) is 16.1 Å². The fourth-order valence-electron chi connectivity index (χ4n) is 3.22. The summed E-state index contributed by atoms with van der Waals surface area (Å²) in [5.41, 5.74) is 5.95. The zero-order chi connectivity index (χ0) is 12.1. The lowest BCUT2D eigenvalue weighted by Crippen LogP contribution is -2.58. The summed E-state index contributed by atoms with van der Waals surface area (Å²) < 4.78 is 0. The first-order chi connectivity index (χ1) is 8.35. The largest absolute Gasteiger partial charge is 0.329 e. The number of piperidine rings is 1. The highest BCUT2D eigenvalue weighted by Gasteiger charge is 2.31. The molecule has 0 aromatic carbocycles. The van der Waals surface area contributed by atoms with Crippen LogP contribution in [0.25, 0.3) is 0 Å². The van der Waals surface area contributed by atoms with E-state index in [1.807, 2.05) is 11.8 Å². The summed E-state index contributed by atoms with van der Waals surface area (Å²) in [5.74, 6) is 1.24. The Morgan fingerprint density at radius 1 is 1.29 bits per heavy atom. The number of thioether (sulfide) groups is 1. The standard InChI is InChI=1S/C13H27N3S/c1-17-9-5-12(10-14)16-8-7-15-6-3-2-4-13(15)11-16/h12-13H,2-11,14H2,1H3. The maximum atomic E-state index is 5.95. The molecule has 3 nitrogen and oxygen atoms in total. The Balaban J connectivity index is 1.84. The van der Waals surface area contributed by atoms with Crippen LogP contribution in [-0.4, -0.2) is 66.6 Å². The number of rotatable bonds is 5. The third kappa shape index (κ3) is 3.60. The number of piperazine rings is 1. The molecule has 2 N–H and O–H groups in total. The van der Waals surface area contributed by atoms with E-state index in [-0.39, 0.29) is 0 Å². The molecule has 2 rings (SSSR count). The average molecular weight is 257 g/mol. The zero-order valence-electron chi connectivity index (χ0n) is 11.1. The summed E-state index contributed by atoms with van der Waals surface area (Å²) in [6.45, 7) is 5.91. The van der Waals surface area contributed by atoms with Crippen molar-refractivity contribution in [2.75, 3.05) is 44.7 Å². The predicted octanol–water partition coefficient (Wildman–Crippen LogP) is 1.24. The normalized spacial score (nSPS) is 28.9. The van der Waals surface area contributed by atoms with Crippen LogP contribution < -0.4 is 5.73 Å². The molecule has 2 unspecified atom stereocenters. The van der Waals surface area contributed by atoms with Crippen molar-refractivity contribution in [3.63, 3.8) is 0 Å². The molecule has 0 aromatic rings. The number of nitrogens with zero attached hydrogens (tertiary/aromatic N) is 2. The summed E-state index contributed by atoms with van der Waals surface area (Å²) in [6, 6.07) is 1.44. The van der Waals surface area contributed by atoms with Gasteiger partial charge < -0.3 is 5.73 Å². The first kappa shape index (κ1) is 13.7. The van der Waals surface area contributed by atoms with Crippen LogP contribution in [0.3, 0.4) is 0 Å². The van der Waals surface area contributed by atoms with Gasteiger partial charge >= 0.3 is 0 Å². The van der Waals surface area contributed by atoms with Crippen molar-refractivity contribution >= 4 is 11.8 Å². The molecule has 2 aliphatic rings. The maximum absolute atomic E-state index is 5.95. The Kier molecular flexibility index (Phi) is 5.60. The van der Waals surface area contributed by atoms with Gasteiger partial charge in [0, 0.05) is 38.3 Å². The van der Waals surface area contributed by atoms with Crippen LogP contribution in [0.4, 0.5) is 0 Å². The summed E-state index contributed by atoms with van der Waals surface area (Å²) in [5, 5.41) is 0. The molecular formula is C13H27N3S. The molecule has 17 heavy (non-hydrogen) atoms. The van der Waals surface area contributed by atoms with Gasteiger partial charge in [-0.05, 0) is 37.8 Å². The Labute approximate surface area is 110 Å². The minimum atomic E-state index is 0.617. The number of nitrogens with two attached hydrogens (primary N) is 1. The smallest absolute Gasteiger partial charge is 0.0227 e. The first-order valence-electron chi connectivity index (χ1n) is 7.02. The van der Waals surface area contributed by atoms with Gasteiger partial charge in [0.15, 0.2) is 0 Å². The number of fused-ring (bicyclic) bond motifs is 1. The third-order valence-corrected chi connectivity index (χ3v) is 4.96. The van der Waals surface area contributed by atoms with E-state index in [9.17, 15) is 0 Å². The van der Waals surface area contributed by atoms with Crippen molar-refractivity contribution in [3.8, 4) is 0 Å². The number of hydrogen-bond acceptors (Lipinski definition) is 4. The summed E-state index contributed by atoms with van der Waals surface area (Å²) in [4.78, 5) is 5.35. The predicted molar refractivity (Wildman–Crippen MR) is 76.6 cm³/mol. The highest BCUT2D eigenvalue weighted by Crippen LogP contribution is 2.22. The first-order valence-corrected chi connectivity index (χ1v) is 8.41. The van der Waals surface area contributed by atoms with Crippen LogP contribution in [0, 0.1) is 0 Å². The zero-order valence-corrected chi connectivity index (χ0v) is 11.9. The van der Waals surface area contributed by atoms with Gasteiger partial charge in [-0.1, -0.05) is 6.42 Å². The monoisotopic (exact) mass is 257 g/mol. The molecule has 0 bridgehead atoms. The molecule has 2 atom stereocenters. The second-order valence-corrected chi connectivity index (χ2v) is 6.34. The Bertz CT molecular complexity index is 225. The minimum Gasteiger partial charge on any atom is -0.329 e. The van der Waals surface area contributed by atoms with Crippen LogP contribution in [0.15, 0.2) is 0 Å². The molecule has 0 radical (unpaired) electrons. The van der Waals surface area contributed by atoms with Gasteiger partial charge in [0.1, 0.15) is 0 Å². The van der Waals surface area contributed by atoms with Crippen LogP contribution >= 0.6 is 11.8 Å². The molecule has 0 amide bonds. The minimum absolute atomic E-state index is 0.617. The molecule has 2 aliphatic heterocycles. The quantitative estimate of drug-likeness (QED) is 0.803. The highest BCUT2D eigenvalue weighted by atomic mass is 32.2. The molecule has 0 spiro atoms. The lowest BCUT2D eigenvalue weighted by Gasteiger charge is -2.46. The lowest BCUT2D eigenvalue weighted by atomic mass is 9.98. The Morgan fingerprint density at radius 3 is 2.94 bits per heavy atom. The SMILES string of the molecule is CSCCC(CN)N1CCN2CCCCC2C1. The summed E-state index contributed by atoms with van der Waals surface area (Å²) in [6.07, 6.45) is 7.67. The van der Waals surface area contributed by atoms with E-state index < -0.39 is 0 Å². The van der Waals surface area contributed by atoms with Crippen molar-refractivity contribution in [2.24, 2.45) is 5.73 Å². The van der Waals surface area contributed by atoms with Crippen molar-refractivity contribution in [1.29, 1.82) is 0 Å². The van der Waals surface area contributed by atoms with E-state index >= 15 is 0 Å². The Morgan fingerprint density at radius 2 is 2.18 bits per heavy atom. The Hall–Kier alpha value is 0.230. The summed E-state index contributed by atoms with van der Waals surface area (Å²) in [7, 11) is 0. The topological polar surface area (TPSA) is 32.5 Å². The summed E-state index contributed by atoms with van der Waals surface area (Å²) >= 11 is 1.94. The molecular weight excluding hydrogens is 230 g/mol. The lowest BCUT2D eigenvalue weighted by molar-refractivity contribution is 0.0285. The molecule has 100 valence electrons. The molecule has 0 aromatic heterocycles. The van der Waals surface area contributed by atoms with Gasteiger partial charge in [-0.25, -0.2) is 0 Å². The average Bonchev–Trinajstić information content (AvgIpc) is 2.39. The van der Waals surface area contributed by atoms with E-state index in [0.29, 0.717) is 6.04 Å². The third-order valence-electron chi connectivity index (χ3n) is 4.31. The fraction of sp³-hybridized carbons (Fsp3) is 1.00. The highest BCUT2D eigenvalue weighted by molar-refractivity contribution is 7.98. The van der Waals surface area contributed by atoms with E-state index in [1.54, 1.807) is 0 Å². The van der Waals surface area contributed by atoms with Crippen molar-refractivity contribution < 1.29 is 0 Å². The second kappa shape index (κ2) is 6.98. The van der Waals surface area contributed by atoms with E-state index in [1.165, 1.54) is 57.6 Å². The van der Waals surface area contributed by atoms with Gasteiger partial charge in [0.2, 0.25) is 0 Å². The van der Waals surface area contributed by atoms with Crippen LogP contribution in [-0.2, 0) is 0 Å². The van der Waals surface area contributed by atoms with Crippen molar-refractivity contribution in [3.05, 3.63) is 0 Å². The van der Waals surface area contributed by atoms with Crippen LogP contribution in [0.1, 0.15) is 25.7 Å². The molecule has 4 heteroatoms. The molecule has 0 aliphatic carbocycles. The van der Waals surface area contributed by atoms with Gasteiger partial charge in [0.25, 0.3) is 0 Å². The molecule has 0 saturated carbocycles. The molecule has 2 saturated heterocycles. The molecule has 2 heterocycles. The number of hydrogen-bond donors (Lipinski definition) is 1. The van der Waals surface area contributed by atoms with Crippen LogP contribution in [0.2, 0.25) is 0 Å². The van der Waals surface area contributed by atoms with E-state index in [4.69, 9.17) is 5.73 Å². The maximum Gasteiger partial charge on any atom is 0.0227 e. The van der Waals surface area contributed by atoms with Gasteiger partial charge in [-0.15, -0.1) is 0 Å². The van der Waals surface area contributed by atoms with Crippen molar-refractivity contribution in [2.45, 2.75) is 37.8 Å². The van der Waals surface area contributed by atoms with E-state index in [0.717, 1.165) is 12.6 Å².